The van der Waals surface area contributed by atoms with Gasteiger partial charge in [0.1, 0.15) is 5.82 Å². The second-order valence-electron chi connectivity index (χ2n) is 2.61. The molecule has 0 bridgehead atoms. The van der Waals surface area contributed by atoms with E-state index in [1.54, 1.807) is 11.4 Å². The lowest BCUT2D eigenvalue weighted by atomic mass is 10.4. The van der Waals surface area contributed by atoms with Crippen LogP contribution < -0.4 is 5.01 Å². The lowest BCUT2D eigenvalue weighted by Crippen LogP contribution is -2.32. The number of rotatable bonds is 1. The molecule has 1 saturated heterocycles. The molecule has 0 radical (unpaired) electrons. The molecule has 0 unspecified atom stereocenters. The highest BCUT2D eigenvalue weighted by molar-refractivity contribution is 5.36. The molecule has 2 rings (SSSR count). The zero-order chi connectivity index (χ0) is 8.39. The smallest absolute Gasteiger partial charge is 0.144 e. The van der Waals surface area contributed by atoms with Gasteiger partial charge in [-0.2, -0.15) is 0 Å². The van der Waals surface area contributed by atoms with Crippen molar-refractivity contribution in [2.75, 3.05) is 25.2 Å². The summed E-state index contributed by atoms with van der Waals surface area (Å²) in [6.07, 6.45) is 1.78. The van der Waals surface area contributed by atoms with Crippen molar-refractivity contribution in [3.8, 4) is 0 Å². The van der Waals surface area contributed by atoms with Crippen molar-refractivity contribution in [3.05, 3.63) is 24.4 Å². The van der Waals surface area contributed by atoms with Crippen LogP contribution in [0.15, 0.2) is 24.4 Å². The molecule has 64 valence electrons. The van der Waals surface area contributed by atoms with Gasteiger partial charge in [-0.05, 0) is 12.1 Å². The van der Waals surface area contributed by atoms with Crippen molar-refractivity contribution < 1.29 is 4.84 Å². The van der Waals surface area contributed by atoms with Crippen molar-refractivity contribution in [1.82, 2.24) is 10.2 Å². The Morgan fingerprint density at radius 2 is 2.42 bits per heavy atom. The van der Waals surface area contributed by atoms with E-state index in [9.17, 15) is 0 Å². The fraction of sp³-hybridized carbons (Fsp3) is 0.375. The van der Waals surface area contributed by atoms with E-state index in [4.69, 9.17) is 4.84 Å². The van der Waals surface area contributed by atoms with Crippen LogP contribution in [0.25, 0.3) is 0 Å². The molecule has 0 N–H and O–H groups in total. The van der Waals surface area contributed by atoms with E-state index in [1.807, 2.05) is 30.3 Å². The second-order valence-corrected chi connectivity index (χ2v) is 2.61. The van der Waals surface area contributed by atoms with E-state index in [0.717, 1.165) is 19.0 Å². The van der Waals surface area contributed by atoms with Gasteiger partial charge in [0.25, 0.3) is 0 Å². The maximum Gasteiger partial charge on any atom is 0.144 e. The summed E-state index contributed by atoms with van der Waals surface area (Å²) < 4.78 is 0. The van der Waals surface area contributed by atoms with Crippen molar-refractivity contribution in [2.45, 2.75) is 0 Å². The molecular formula is C8H11N3O. The minimum atomic E-state index is 0.729. The van der Waals surface area contributed by atoms with Gasteiger partial charge >= 0.3 is 0 Å². The van der Waals surface area contributed by atoms with Crippen molar-refractivity contribution >= 4 is 5.82 Å². The van der Waals surface area contributed by atoms with Gasteiger partial charge in [-0.25, -0.2) is 4.98 Å². The first-order valence-electron chi connectivity index (χ1n) is 3.93. The van der Waals surface area contributed by atoms with Crippen LogP contribution in [-0.2, 0) is 4.84 Å². The molecule has 12 heavy (non-hydrogen) atoms. The molecular weight excluding hydrogens is 154 g/mol. The largest absolute Gasteiger partial charge is 0.278 e. The Kier molecular flexibility index (Phi) is 1.93. The Labute approximate surface area is 71.3 Å². The summed E-state index contributed by atoms with van der Waals surface area (Å²) in [5.41, 5.74) is 0. The molecule has 0 aromatic carbocycles. The summed E-state index contributed by atoms with van der Waals surface area (Å²) in [6, 6.07) is 5.83. The standard InChI is InChI=1S/C8H11N3O/c1-10-11(6-7-12-10)8-4-2-3-5-9-8/h2-5H,6-7H2,1H3. The molecule has 0 atom stereocenters. The molecule has 1 aliphatic heterocycles. The summed E-state index contributed by atoms with van der Waals surface area (Å²) in [6.45, 7) is 1.60. The minimum absolute atomic E-state index is 0.729. The van der Waals surface area contributed by atoms with Crippen LogP contribution in [0.3, 0.4) is 0 Å². The molecule has 4 nitrogen and oxygen atoms in total. The van der Waals surface area contributed by atoms with Crippen LogP contribution >= 0.6 is 0 Å². The summed E-state index contributed by atoms with van der Waals surface area (Å²) in [5.74, 6) is 0.928. The lowest BCUT2D eigenvalue weighted by molar-refractivity contribution is -0.0954. The van der Waals surface area contributed by atoms with Gasteiger partial charge in [-0.1, -0.05) is 6.07 Å². The molecule has 2 heterocycles. The average molecular weight is 165 g/mol. The van der Waals surface area contributed by atoms with Crippen molar-refractivity contribution in [3.63, 3.8) is 0 Å². The molecule has 0 spiro atoms. The van der Waals surface area contributed by atoms with E-state index >= 15 is 0 Å². The zero-order valence-corrected chi connectivity index (χ0v) is 6.97. The van der Waals surface area contributed by atoms with E-state index in [1.165, 1.54) is 0 Å². The van der Waals surface area contributed by atoms with Crippen LogP contribution in [0.1, 0.15) is 0 Å². The number of anilines is 1. The van der Waals surface area contributed by atoms with Crippen molar-refractivity contribution in [2.24, 2.45) is 0 Å². The van der Waals surface area contributed by atoms with Gasteiger partial charge in [0.15, 0.2) is 0 Å². The molecule has 0 saturated carbocycles. The summed E-state index contributed by atoms with van der Waals surface area (Å²) >= 11 is 0. The van der Waals surface area contributed by atoms with Gasteiger partial charge in [-0.15, -0.1) is 5.17 Å². The Morgan fingerprint density at radius 3 is 3.00 bits per heavy atom. The fourth-order valence-electron chi connectivity index (χ4n) is 1.24. The SMILES string of the molecule is CN1OCCN1c1ccccn1. The molecule has 1 aromatic heterocycles. The van der Waals surface area contributed by atoms with E-state index in [-0.39, 0.29) is 0 Å². The molecule has 1 aliphatic rings. The quantitative estimate of drug-likeness (QED) is 0.612. The van der Waals surface area contributed by atoms with Gasteiger partial charge in [0, 0.05) is 13.2 Å². The second kappa shape index (κ2) is 3.08. The van der Waals surface area contributed by atoms with Gasteiger partial charge in [0.05, 0.1) is 13.2 Å². The monoisotopic (exact) mass is 165 g/mol. The first kappa shape index (κ1) is 7.52. The third kappa shape index (κ3) is 1.26. The third-order valence-corrected chi connectivity index (χ3v) is 1.83. The third-order valence-electron chi connectivity index (χ3n) is 1.83. The average Bonchev–Trinajstić information content (AvgIpc) is 2.53. The van der Waals surface area contributed by atoms with Crippen LogP contribution in [0.5, 0.6) is 0 Å². The number of aromatic nitrogens is 1. The van der Waals surface area contributed by atoms with Crippen LogP contribution in [0.2, 0.25) is 0 Å². The molecule has 0 amide bonds. The Balaban J connectivity index is 2.19. The van der Waals surface area contributed by atoms with Gasteiger partial charge < -0.3 is 0 Å². The maximum atomic E-state index is 5.24. The Hall–Kier alpha value is -1.13. The predicted molar refractivity (Wildman–Crippen MR) is 45.3 cm³/mol. The Bertz CT molecular complexity index is 252. The van der Waals surface area contributed by atoms with Crippen LogP contribution in [0, 0.1) is 0 Å². The molecule has 4 heteroatoms. The van der Waals surface area contributed by atoms with Crippen molar-refractivity contribution in [1.29, 1.82) is 0 Å². The first-order chi connectivity index (χ1) is 5.88. The summed E-state index contributed by atoms with van der Waals surface area (Å²) in [5, 5.41) is 3.70. The van der Waals surface area contributed by atoms with Crippen LogP contribution in [-0.4, -0.2) is 30.4 Å². The lowest BCUT2D eigenvalue weighted by Gasteiger charge is -2.21. The van der Waals surface area contributed by atoms with Gasteiger partial charge in [-0.3, -0.25) is 9.85 Å². The van der Waals surface area contributed by atoms with E-state index < -0.39 is 0 Å². The number of hydrogen-bond acceptors (Lipinski definition) is 4. The highest BCUT2D eigenvalue weighted by Crippen LogP contribution is 2.14. The van der Waals surface area contributed by atoms with Crippen LogP contribution in [0.4, 0.5) is 5.82 Å². The number of hydroxylamine groups is 1. The van der Waals surface area contributed by atoms with E-state index in [0.29, 0.717) is 0 Å². The number of hydrogen-bond donors (Lipinski definition) is 0. The highest BCUT2D eigenvalue weighted by Gasteiger charge is 2.19. The highest BCUT2D eigenvalue weighted by atomic mass is 16.7. The molecule has 1 fully saturated rings. The zero-order valence-electron chi connectivity index (χ0n) is 6.97. The molecule has 1 aromatic rings. The Morgan fingerprint density at radius 1 is 1.50 bits per heavy atom. The minimum Gasteiger partial charge on any atom is -0.278 e. The normalized spacial score (nSPS) is 18.6. The molecule has 0 aliphatic carbocycles. The number of nitrogens with zero attached hydrogens (tertiary/aromatic N) is 3. The predicted octanol–water partition coefficient (Wildman–Crippen LogP) is 0.680. The summed E-state index contributed by atoms with van der Waals surface area (Å²) in [7, 11) is 1.88. The first-order valence-corrected chi connectivity index (χ1v) is 3.93. The van der Waals surface area contributed by atoms with E-state index in [2.05, 4.69) is 4.98 Å². The topological polar surface area (TPSA) is 28.6 Å². The summed E-state index contributed by atoms with van der Waals surface area (Å²) in [4.78, 5) is 9.45. The van der Waals surface area contributed by atoms with Gasteiger partial charge in [0.2, 0.25) is 0 Å². The fourth-order valence-corrected chi connectivity index (χ4v) is 1.24. The number of pyridine rings is 1. The number of hydrazine groups is 1. The maximum absolute atomic E-state index is 5.24.